The highest BCUT2D eigenvalue weighted by Crippen LogP contribution is 2.19. The van der Waals surface area contributed by atoms with Crippen LogP contribution in [-0.2, 0) is 6.42 Å². The summed E-state index contributed by atoms with van der Waals surface area (Å²) >= 11 is 3.65. The molecule has 1 atom stereocenters. The quantitative estimate of drug-likeness (QED) is 0.682. The molecule has 106 valence electrons. The van der Waals surface area contributed by atoms with Crippen LogP contribution in [0.15, 0.2) is 60.7 Å². The summed E-state index contributed by atoms with van der Waals surface area (Å²) in [4.78, 5) is 2.42. The van der Waals surface area contributed by atoms with Crippen molar-refractivity contribution in [2.75, 3.05) is 25.5 Å². The monoisotopic (exact) mass is 331 g/mol. The Morgan fingerprint density at radius 3 is 2.15 bits per heavy atom. The van der Waals surface area contributed by atoms with Crippen LogP contribution in [-0.4, -0.2) is 30.4 Å². The first-order valence-electron chi connectivity index (χ1n) is 7.13. The van der Waals surface area contributed by atoms with Gasteiger partial charge in [-0.25, -0.2) is 0 Å². The second kappa shape index (κ2) is 8.23. The van der Waals surface area contributed by atoms with E-state index in [-0.39, 0.29) is 0 Å². The second-order valence-electron chi connectivity index (χ2n) is 5.26. The van der Waals surface area contributed by atoms with Gasteiger partial charge in [0.2, 0.25) is 0 Å². The van der Waals surface area contributed by atoms with Gasteiger partial charge in [-0.3, -0.25) is 0 Å². The van der Waals surface area contributed by atoms with Crippen LogP contribution in [0.4, 0.5) is 0 Å². The van der Waals surface area contributed by atoms with Crippen molar-refractivity contribution in [3.8, 4) is 0 Å². The highest BCUT2D eigenvalue weighted by Gasteiger charge is 2.12. The minimum absolute atomic E-state index is 0.553. The van der Waals surface area contributed by atoms with Gasteiger partial charge in [0.1, 0.15) is 0 Å². The summed E-state index contributed by atoms with van der Waals surface area (Å²) < 4.78 is 0. The van der Waals surface area contributed by atoms with E-state index < -0.39 is 0 Å². The first-order chi connectivity index (χ1) is 9.79. The molecule has 0 aliphatic carbocycles. The van der Waals surface area contributed by atoms with E-state index in [9.17, 15) is 0 Å². The number of likely N-dealkylation sites (N-methyl/N-ethyl adjacent to an activating group) is 1. The van der Waals surface area contributed by atoms with Crippen molar-refractivity contribution in [1.82, 2.24) is 4.90 Å². The molecule has 0 radical (unpaired) electrons. The van der Waals surface area contributed by atoms with E-state index in [1.165, 1.54) is 11.1 Å². The Balaban J connectivity index is 1.85. The van der Waals surface area contributed by atoms with Crippen LogP contribution < -0.4 is 0 Å². The molecule has 0 bridgehead atoms. The molecule has 1 unspecified atom stereocenters. The number of nitrogens with zero attached hydrogens (tertiary/aromatic N) is 1. The Morgan fingerprint density at radius 1 is 0.950 bits per heavy atom. The summed E-state index contributed by atoms with van der Waals surface area (Å²) in [5, 5.41) is 1.01. The van der Waals surface area contributed by atoms with E-state index in [2.05, 4.69) is 88.5 Å². The number of alkyl halides is 1. The van der Waals surface area contributed by atoms with E-state index >= 15 is 0 Å². The normalized spacial score (nSPS) is 12.6. The summed E-state index contributed by atoms with van der Waals surface area (Å²) in [5.41, 5.74) is 2.82. The van der Waals surface area contributed by atoms with Gasteiger partial charge >= 0.3 is 0 Å². The molecule has 0 N–H and O–H groups in total. The van der Waals surface area contributed by atoms with Gasteiger partial charge < -0.3 is 4.90 Å². The van der Waals surface area contributed by atoms with Crippen LogP contribution in [0, 0.1) is 0 Å². The lowest BCUT2D eigenvalue weighted by Gasteiger charge is -2.23. The molecule has 0 saturated carbocycles. The molecule has 1 nitrogen and oxygen atoms in total. The molecule has 2 aromatic rings. The predicted molar refractivity (Wildman–Crippen MR) is 90.6 cm³/mol. The maximum absolute atomic E-state index is 3.65. The van der Waals surface area contributed by atoms with Crippen LogP contribution in [0.3, 0.4) is 0 Å². The summed E-state index contributed by atoms with van der Waals surface area (Å²) in [5.74, 6) is 0.553. The summed E-state index contributed by atoms with van der Waals surface area (Å²) in [6.45, 7) is 2.18. The van der Waals surface area contributed by atoms with Crippen molar-refractivity contribution >= 4 is 15.9 Å². The third kappa shape index (κ3) is 4.77. The molecule has 0 aromatic heterocycles. The number of hydrogen-bond acceptors (Lipinski definition) is 1. The lowest BCUT2D eigenvalue weighted by molar-refractivity contribution is 0.323. The maximum atomic E-state index is 3.65. The van der Waals surface area contributed by atoms with E-state index in [1.54, 1.807) is 0 Å². The molecule has 0 aliphatic heterocycles. The zero-order valence-corrected chi connectivity index (χ0v) is 13.6. The minimum Gasteiger partial charge on any atom is -0.305 e. The number of benzene rings is 2. The fraction of sp³-hybridized carbons (Fsp3) is 0.333. The molecular formula is C18H22BrN. The average molecular weight is 332 g/mol. The molecule has 0 saturated heterocycles. The molecule has 0 amide bonds. The lowest BCUT2D eigenvalue weighted by atomic mass is 10.0. The first-order valence-corrected chi connectivity index (χ1v) is 8.25. The van der Waals surface area contributed by atoms with Crippen LogP contribution in [0.1, 0.15) is 17.0 Å². The molecule has 20 heavy (non-hydrogen) atoms. The van der Waals surface area contributed by atoms with E-state index in [0.29, 0.717) is 5.92 Å². The summed E-state index contributed by atoms with van der Waals surface area (Å²) in [6, 6.07) is 21.5. The zero-order chi connectivity index (χ0) is 14.2. The number of hydrogen-bond donors (Lipinski definition) is 0. The Labute approximate surface area is 130 Å². The van der Waals surface area contributed by atoms with Crippen LogP contribution >= 0.6 is 15.9 Å². The van der Waals surface area contributed by atoms with E-state index in [0.717, 1.165) is 24.8 Å². The van der Waals surface area contributed by atoms with Gasteiger partial charge in [-0.2, -0.15) is 0 Å². The molecular weight excluding hydrogens is 310 g/mol. The third-order valence-corrected chi connectivity index (χ3v) is 4.40. The van der Waals surface area contributed by atoms with Crippen molar-refractivity contribution in [2.24, 2.45) is 0 Å². The van der Waals surface area contributed by atoms with Crippen molar-refractivity contribution < 1.29 is 0 Å². The second-order valence-corrected chi connectivity index (χ2v) is 5.91. The number of halogens is 1. The number of rotatable bonds is 7. The van der Waals surface area contributed by atoms with Gasteiger partial charge in [0.15, 0.2) is 0 Å². The summed E-state index contributed by atoms with van der Waals surface area (Å²) in [7, 11) is 2.21. The molecule has 0 spiro atoms. The van der Waals surface area contributed by atoms with Gasteiger partial charge in [-0.1, -0.05) is 76.6 Å². The Bertz CT molecular complexity index is 483. The van der Waals surface area contributed by atoms with E-state index in [1.807, 2.05) is 0 Å². The Kier molecular flexibility index (Phi) is 6.28. The van der Waals surface area contributed by atoms with Crippen molar-refractivity contribution in [2.45, 2.75) is 12.3 Å². The van der Waals surface area contributed by atoms with Crippen LogP contribution in [0.25, 0.3) is 0 Å². The highest BCUT2D eigenvalue weighted by molar-refractivity contribution is 9.09. The molecule has 0 heterocycles. The van der Waals surface area contributed by atoms with Crippen LogP contribution in [0.2, 0.25) is 0 Å². The fourth-order valence-corrected chi connectivity index (χ4v) is 2.98. The molecule has 0 aliphatic rings. The van der Waals surface area contributed by atoms with Crippen LogP contribution in [0.5, 0.6) is 0 Å². The SMILES string of the molecule is CN(CCc1ccccc1)CC(CBr)c1ccccc1. The average Bonchev–Trinajstić information content (AvgIpc) is 2.52. The smallest absolute Gasteiger partial charge is 0.0112 e. The fourth-order valence-electron chi connectivity index (χ4n) is 2.40. The maximum Gasteiger partial charge on any atom is 0.0112 e. The third-order valence-electron chi connectivity index (χ3n) is 3.61. The highest BCUT2D eigenvalue weighted by atomic mass is 79.9. The Morgan fingerprint density at radius 2 is 1.55 bits per heavy atom. The predicted octanol–water partition coefficient (Wildman–Crippen LogP) is 4.34. The van der Waals surface area contributed by atoms with Gasteiger partial charge in [-0.05, 0) is 24.6 Å². The van der Waals surface area contributed by atoms with Gasteiger partial charge in [0.25, 0.3) is 0 Å². The van der Waals surface area contributed by atoms with Gasteiger partial charge in [0, 0.05) is 24.3 Å². The van der Waals surface area contributed by atoms with Gasteiger partial charge in [-0.15, -0.1) is 0 Å². The molecule has 2 rings (SSSR count). The van der Waals surface area contributed by atoms with Crippen molar-refractivity contribution in [3.63, 3.8) is 0 Å². The standard InChI is InChI=1S/C18H22BrN/c1-20(13-12-16-8-4-2-5-9-16)15-18(14-19)17-10-6-3-7-11-17/h2-11,18H,12-15H2,1H3. The van der Waals surface area contributed by atoms with E-state index in [4.69, 9.17) is 0 Å². The molecule has 2 heteroatoms. The molecule has 2 aromatic carbocycles. The Hall–Kier alpha value is -1.12. The lowest BCUT2D eigenvalue weighted by Crippen LogP contribution is -2.27. The minimum atomic E-state index is 0.553. The molecule has 0 fully saturated rings. The van der Waals surface area contributed by atoms with Gasteiger partial charge in [0.05, 0.1) is 0 Å². The largest absolute Gasteiger partial charge is 0.305 e. The first kappa shape index (κ1) is 15.3. The topological polar surface area (TPSA) is 3.24 Å². The van der Waals surface area contributed by atoms with Crippen molar-refractivity contribution in [3.05, 3.63) is 71.8 Å². The summed E-state index contributed by atoms with van der Waals surface area (Å²) in [6.07, 6.45) is 1.11. The zero-order valence-electron chi connectivity index (χ0n) is 12.0. The van der Waals surface area contributed by atoms with Crippen molar-refractivity contribution in [1.29, 1.82) is 0 Å².